The van der Waals surface area contributed by atoms with Crippen molar-refractivity contribution < 1.29 is 23.9 Å². The van der Waals surface area contributed by atoms with Crippen LogP contribution in [0, 0.1) is 5.82 Å². The highest BCUT2D eigenvalue weighted by atomic mass is 19.1. The molecule has 1 aromatic rings. The van der Waals surface area contributed by atoms with Crippen molar-refractivity contribution in [2.75, 3.05) is 6.54 Å². The Hall–Kier alpha value is -2.24. The van der Waals surface area contributed by atoms with E-state index in [2.05, 4.69) is 5.32 Å². The van der Waals surface area contributed by atoms with E-state index in [9.17, 15) is 23.9 Å². The van der Waals surface area contributed by atoms with Gasteiger partial charge in [-0.05, 0) is 30.7 Å². The SMILES string of the molecule is O=C([O-])CCC(=O)NCC(=O)c1ccc(F)cc1. The van der Waals surface area contributed by atoms with Crippen molar-refractivity contribution in [3.05, 3.63) is 35.6 Å². The third-order valence-electron chi connectivity index (χ3n) is 2.17. The molecule has 0 spiro atoms. The van der Waals surface area contributed by atoms with Crippen LogP contribution in [0.25, 0.3) is 0 Å². The topological polar surface area (TPSA) is 86.3 Å². The smallest absolute Gasteiger partial charge is 0.220 e. The van der Waals surface area contributed by atoms with Gasteiger partial charge in [0.25, 0.3) is 0 Å². The minimum atomic E-state index is -1.32. The van der Waals surface area contributed by atoms with Gasteiger partial charge in [0.1, 0.15) is 5.82 Å². The number of benzene rings is 1. The molecule has 0 bridgehead atoms. The first-order valence-corrected chi connectivity index (χ1v) is 5.24. The summed E-state index contributed by atoms with van der Waals surface area (Å²) in [7, 11) is 0. The first-order chi connectivity index (χ1) is 8.49. The molecular formula is C12H11FNO4-. The number of aliphatic carboxylic acids is 1. The number of carbonyl (C=O) groups excluding carboxylic acids is 3. The average Bonchev–Trinajstić information content (AvgIpc) is 2.34. The summed E-state index contributed by atoms with van der Waals surface area (Å²) in [6.07, 6.45) is -0.629. The lowest BCUT2D eigenvalue weighted by atomic mass is 10.1. The van der Waals surface area contributed by atoms with Crippen LogP contribution in [0.5, 0.6) is 0 Å². The van der Waals surface area contributed by atoms with Gasteiger partial charge in [-0.3, -0.25) is 9.59 Å². The van der Waals surface area contributed by atoms with Crippen LogP contribution in [-0.4, -0.2) is 24.2 Å². The lowest BCUT2D eigenvalue weighted by Gasteiger charge is -2.05. The predicted molar refractivity (Wildman–Crippen MR) is 58.0 cm³/mol. The maximum atomic E-state index is 12.6. The van der Waals surface area contributed by atoms with Gasteiger partial charge in [-0.15, -0.1) is 0 Å². The number of amides is 1. The number of carbonyl (C=O) groups is 3. The number of carboxylic acids is 1. The minimum absolute atomic E-state index is 0.237. The van der Waals surface area contributed by atoms with E-state index in [0.29, 0.717) is 0 Å². The Morgan fingerprint density at radius 3 is 2.28 bits per heavy atom. The van der Waals surface area contributed by atoms with E-state index in [4.69, 9.17) is 0 Å². The maximum Gasteiger partial charge on any atom is 0.220 e. The highest BCUT2D eigenvalue weighted by molar-refractivity contribution is 5.99. The number of nitrogens with one attached hydrogen (secondary N) is 1. The van der Waals surface area contributed by atoms with E-state index < -0.39 is 24.1 Å². The molecule has 0 saturated carbocycles. The number of halogens is 1. The van der Waals surface area contributed by atoms with Crippen LogP contribution in [-0.2, 0) is 9.59 Å². The maximum absolute atomic E-state index is 12.6. The third-order valence-corrected chi connectivity index (χ3v) is 2.17. The monoisotopic (exact) mass is 252 g/mol. The second-order valence-electron chi connectivity index (χ2n) is 3.58. The van der Waals surface area contributed by atoms with Crippen molar-refractivity contribution in [1.82, 2.24) is 5.32 Å². The van der Waals surface area contributed by atoms with Gasteiger partial charge in [0.15, 0.2) is 5.78 Å². The fourth-order valence-corrected chi connectivity index (χ4v) is 1.22. The molecule has 1 N–H and O–H groups in total. The van der Waals surface area contributed by atoms with Gasteiger partial charge in [0.05, 0.1) is 6.54 Å². The summed E-state index contributed by atoms with van der Waals surface area (Å²) in [5, 5.41) is 12.4. The van der Waals surface area contributed by atoms with Gasteiger partial charge in [0.2, 0.25) is 5.91 Å². The zero-order valence-electron chi connectivity index (χ0n) is 9.44. The first kappa shape index (κ1) is 13.8. The summed E-state index contributed by atoms with van der Waals surface area (Å²) < 4.78 is 12.6. The molecular weight excluding hydrogens is 241 g/mol. The third kappa shape index (κ3) is 4.73. The fourth-order valence-electron chi connectivity index (χ4n) is 1.22. The Labute approximate surface area is 103 Å². The van der Waals surface area contributed by atoms with E-state index in [1.165, 1.54) is 12.1 Å². The Bertz CT molecular complexity index is 456. The molecule has 0 heterocycles. The van der Waals surface area contributed by atoms with Gasteiger partial charge in [-0.2, -0.15) is 0 Å². The molecule has 0 saturated heterocycles. The Morgan fingerprint density at radius 2 is 1.72 bits per heavy atom. The van der Waals surface area contributed by atoms with Crippen molar-refractivity contribution in [1.29, 1.82) is 0 Å². The lowest BCUT2D eigenvalue weighted by Crippen LogP contribution is -2.31. The Morgan fingerprint density at radius 1 is 1.11 bits per heavy atom. The van der Waals surface area contributed by atoms with E-state index in [-0.39, 0.29) is 24.3 Å². The standard InChI is InChI=1S/C12H12FNO4/c13-9-3-1-8(2-4-9)10(15)7-14-11(16)5-6-12(17)18/h1-4H,5-7H2,(H,14,16)(H,17,18)/p-1. The van der Waals surface area contributed by atoms with Crippen LogP contribution in [0.15, 0.2) is 24.3 Å². The van der Waals surface area contributed by atoms with Crippen LogP contribution < -0.4 is 10.4 Å². The molecule has 0 aliphatic rings. The van der Waals surface area contributed by atoms with Crippen LogP contribution in [0.2, 0.25) is 0 Å². The quantitative estimate of drug-likeness (QED) is 0.701. The van der Waals surface area contributed by atoms with Crippen LogP contribution >= 0.6 is 0 Å². The Kier molecular flexibility index (Phi) is 4.98. The molecule has 5 nitrogen and oxygen atoms in total. The van der Waals surface area contributed by atoms with Crippen molar-refractivity contribution in [3.8, 4) is 0 Å². The van der Waals surface area contributed by atoms with Crippen molar-refractivity contribution in [2.24, 2.45) is 0 Å². The Balaban J connectivity index is 2.39. The molecule has 18 heavy (non-hydrogen) atoms. The second-order valence-corrected chi connectivity index (χ2v) is 3.58. The second kappa shape index (κ2) is 6.48. The zero-order chi connectivity index (χ0) is 13.5. The summed E-state index contributed by atoms with van der Waals surface area (Å²) in [6, 6.07) is 4.91. The van der Waals surface area contributed by atoms with E-state index in [0.717, 1.165) is 12.1 Å². The van der Waals surface area contributed by atoms with E-state index in [1.807, 2.05) is 0 Å². The van der Waals surface area contributed by atoms with Crippen molar-refractivity contribution in [2.45, 2.75) is 12.8 Å². The predicted octanol–water partition coefficient (Wildman–Crippen LogP) is -0.345. The molecule has 1 aromatic carbocycles. The molecule has 0 atom stereocenters. The number of rotatable bonds is 6. The van der Waals surface area contributed by atoms with Gasteiger partial charge in [0, 0.05) is 18.0 Å². The van der Waals surface area contributed by atoms with Crippen LogP contribution in [0.4, 0.5) is 4.39 Å². The van der Waals surface area contributed by atoms with Crippen LogP contribution in [0.1, 0.15) is 23.2 Å². The molecule has 96 valence electrons. The molecule has 0 unspecified atom stereocenters. The van der Waals surface area contributed by atoms with Gasteiger partial charge < -0.3 is 15.2 Å². The summed E-state index contributed by atoms with van der Waals surface area (Å²) in [5.74, 6) is -2.70. The first-order valence-electron chi connectivity index (χ1n) is 5.24. The zero-order valence-corrected chi connectivity index (χ0v) is 9.44. The van der Waals surface area contributed by atoms with Gasteiger partial charge in [-0.25, -0.2) is 4.39 Å². The van der Waals surface area contributed by atoms with Crippen molar-refractivity contribution in [3.63, 3.8) is 0 Å². The van der Waals surface area contributed by atoms with E-state index >= 15 is 0 Å². The van der Waals surface area contributed by atoms with E-state index in [1.54, 1.807) is 0 Å². The molecule has 0 radical (unpaired) electrons. The van der Waals surface area contributed by atoms with Gasteiger partial charge in [-0.1, -0.05) is 0 Å². The summed E-state index contributed by atoms with van der Waals surface area (Å²) in [4.78, 5) is 32.8. The number of Topliss-reactive ketones (excluding diaryl/α,β-unsaturated/α-hetero) is 1. The summed E-state index contributed by atoms with van der Waals surface area (Å²) in [5.41, 5.74) is 0.275. The number of hydrogen-bond donors (Lipinski definition) is 1. The minimum Gasteiger partial charge on any atom is -0.550 e. The molecule has 0 aromatic heterocycles. The molecule has 6 heteroatoms. The normalized spacial score (nSPS) is 9.83. The molecule has 0 fully saturated rings. The number of hydrogen-bond acceptors (Lipinski definition) is 4. The summed E-state index contributed by atoms with van der Waals surface area (Å²) in [6.45, 7) is -0.252. The molecule has 0 aliphatic carbocycles. The van der Waals surface area contributed by atoms with Crippen LogP contribution in [0.3, 0.4) is 0 Å². The fraction of sp³-hybridized carbons (Fsp3) is 0.250. The van der Waals surface area contributed by atoms with Gasteiger partial charge >= 0.3 is 0 Å². The number of carboxylic acid groups (broad SMARTS) is 1. The largest absolute Gasteiger partial charge is 0.550 e. The highest BCUT2D eigenvalue weighted by Crippen LogP contribution is 2.03. The lowest BCUT2D eigenvalue weighted by molar-refractivity contribution is -0.305. The molecule has 1 rings (SSSR count). The molecule has 0 aliphatic heterocycles. The highest BCUT2D eigenvalue weighted by Gasteiger charge is 2.08. The summed E-state index contributed by atoms with van der Waals surface area (Å²) >= 11 is 0. The van der Waals surface area contributed by atoms with Crippen molar-refractivity contribution >= 4 is 17.7 Å². The average molecular weight is 252 g/mol. The molecule has 1 amide bonds. The number of ketones is 1.